The van der Waals surface area contributed by atoms with Crippen LogP contribution < -0.4 is 15.4 Å². The van der Waals surface area contributed by atoms with Gasteiger partial charge in [0.15, 0.2) is 0 Å². The molecule has 8 heteroatoms. The van der Waals surface area contributed by atoms with Crippen molar-refractivity contribution in [1.29, 1.82) is 0 Å². The van der Waals surface area contributed by atoms with Crippen LogP contribution in [0.1, 0.15) is 42.2 Å². The van der Waals surface area contributed by atoms with Crippen LogP contribution in [0.3, 0.4) is 0 Å². The first-order valence-electron chi connectivity index (χ1n) is 13.1. The molecule has 1 amide bonds. The molecule has 0 atom stereocenters. The number of anilines is 2. The lowest BCUT2D eigenvalue weighted by atomic mass is 10.1. The van der Waals surface area contributed by atoms with Gasteiger partial charge in [-0.2, -0.15) is 0 Å². The van der Waals surface area contributed by atoms with E-state index in [1.807, 2.05) is 29.8 Å². The van der Waals surface area contributed by atoms with Gasteiger partial charge in [-0.1, -0.05) is 19.1 Å². The van der Waals surface area contributed by atoms with Crippen molar-refractivity contribution >= 4 is 28.6 Å². The molecule has 0 aliphatic carbocycles. The summed E-state index contributed by atoms with van der Waals surface area (Å²) in [6, 6.07) is 17.6. The Balaban J connectivity index is 1.22. The van der Waals surface area contributed by atoms with E-state index in [1.165, 1.54) is 31.5 Å². The zero-order valence-corrected chi connectivity index (χ0v) is 21.5. The molecule has 2 N–H and O–H groups in total. The van der Waals surface area contributed by atoms with Gasteiger partial charge in [-0.05, 0) is 81.2 Å². The maximum absolute atomic E-state index is 12.6. The molecular weight excluding hydrogens is 464 g/mol. The zero-order valence-electron chi connectivity index (χ0n) is 21.5. The van der Waals surface area contributed by atoms with Gasteiger partial charge in [0.25, 0.3) is 5.91 Å². The van der Waals surface area contributed by atoms with Gasteiger partial charge in [0.05, 0.1) is 11.0 Å². The van der Waals surface area contributed by atoms with Crippen LogP contribution in [0.5, 0.6) is 11.5 Å². The Morgan fingerprint density at radius 1 is 1.03 bits per heavy atom. The second-order valence-electron chi connectivity index (χ2n) is 9.46. The lowest BCUT2D eigenvalue weighted by Crippen LogP contribution is -2.29. The summed E-state index contributed by atoms with van der Waals surface area (Å²) >= 11 is 0. The zero-order chi connectivity index (χ0) is 25.6. The Morgan fingerprint density at radius 2 is 1.81 bits per heavy atom. The molecule has 0 spiro atoms. The number of benzene rings is 2. The molecular formula is C29H34N6O2. The molecule has 1 aliphatic rings. The van der Waals surface area contributed by atoms with Crippen LogP contribution in [0.15, 0.2) is 60.8 Å². The Hall–Kier alpha value is -3.91. The predicted molar refractivity (Wildman–Crippen MR) is 147 cm³/mol. The summed E-state index contributed by atoms with van der Waals surface area (Å²) in [4.78, 5) is 24.0. The number of fused-ring (bicyclic) bond motifs is 1. The van der Waals surface area contributed by atoms with E-state index in [9.17, 15) is 4.79 Å². The molecule has 37 heavy (non-hydrogen) atoms. The number of likely N-dealkylation sites (tertiary alicyclic amines) is 1. The minimum absolute atomic E-state index is 0.185. The van der Waals surface area contributed by atoms with Crippen LogP contribution in [-0.4, -0.2) is 51.5 Å². The smallest absolute Gasteiger partial charge is 0.270 e. The monoisotopic (exact) mass is 498 g/mol. The van der Waals surface area contributed by atoms with E-state index in [2.05, 4.69) is 51.7 Å². The first-order chi connectivity index (χ1) is 18.1. The molecule has 1 saturated heterocycles. The standard InChI is InChI=1S/C29H34N6O2/c1-3-21-7-9-22(10-8-21)32-29-33-25-19-23(11-12-27(25)34(29)2)37-24-13-15-30-26(20-24)28(36)31-14-6-18-35-16-4-5-17-35/h7-13,15,19-20H,3-6,14,16-18H2,1-2H3,(H,31,36)(H,32,33). The molecule has 0 unspecified atom stereocenters. The van der Waals surface area contributed by atoms with Crippen LogP contribution in [-0.2, 0) is 13.5 Å². The lowest BCUT2D eigenvalue weighted by Gasteiger charge is -2.14. The van der Waals surface area contributed by atoms with E-state index in [0.717, 1.165) is 42.1 Å². The number of ether oxygens (including phenoxy) is 1. The van der Waals surface area contributed by atoms with Gasteiger partial charge < -0.3 is 24.8 Å². The van der Waals surface area contributed by atoms with Crippen molar-refractivity contribution in [1.82, 2.24) is 24.8 Å². The summed E-state index contributed by atoms with van der Waals surface area (Å²) < 4.78 is 8.09. The highest BCUT2D eigenvalue weighted by Gasteiger charge is 2.13. The third kappa shape index (κ3) is 6.09. The highest BCUT2D eigenvalue weighted by atomic mass is 16.5. The summed E-state index contributed by atoms with van der Waals surface area (Å²) in [6.07, 6.45) is 6.11. The molecule has 0 saturated carbocycles. The van der Waals surface area contributed by atoms with Crippen LogP contribution >= 0.6 is 0 Å². The van der Waals surface area contributed by atoms with Crippen molar-refractivity contribution < 1.29 is 9.53 Å². The Kier molecular flexibility index (Phi) is 7.65. The van der Waals surface area contributed by atoms with E-state index >= 15 is 0 Å². The van der Waals surface area contributed by atoms with Crippen LogP contribution in [0.25, 0.3) is 11.0 Å². The minimum atomic E-state index is -0.185. The second kappa shape index (κ2) is 11.4. The van der Waals surface area contributed by atoms with Gasteiger partial charge >= 0.3 is 0 Å². The number of pyridine rings is 1. The summed E-state index contributed by atoms with van der Waals surface area (Å²) in [6.45, 7) is 6.15. The number of amides is 1. The van der Waals surface area contributed by atoms with E-state index < -0.39 is 0 Å². The van der Waals surface area contributed by atoms with Crippen molar-refractivity contribution in [2.45, 2.75) is 32.6 Å². The largest absolute Gasteiger partial charge is 0.457 e. The number of carbonyl (C=O) groups is 1. The van der Waals surface area contributed by atoms with Crippen molar-refractivity contribution in [3.8, 4) is 11.5 Å². The number of hydrogen-bond donors (Lipinski definition) is 2. The molecule has 0 bridgehead atoms. The Bertz CT molecular complexity index is 1360. The van der Waals surface area contributed by atoms with Gasteiger partial charge in [-0.3, -0.25) is 9.78 Å². The maximum Gasteiger partial charge on any atom is 0.270 e. The summed E-state index contributed by atoms with van der Waals surface area (Å²) in [5.74, 6) is 1.77. The van der Waals surface area contributed by atoms with Crippen molar-refractivity contribution in [2.75, 3.05) is 31.5 Å². The SMILES string of the molecule is CCc1ccc(Nc2nc3cc(Oc4ccnc(C(=O)NCCCN5CCCC5)c4)ccc3n2C)cc1. The van der Waals surface area contributed by atoms with Crippen LogP contribution in [0.2, 0.25) is 0 Å². The number of rotatable bonds is 10. The molecule has 1 aliphatic heterocycles. The first kappa shape index (κ1) is 24.8. The average molecular weight is 499 g/mol. The van der Waals surface area contributed by atoms with Crippen LogP contribution in [0.4, 0.5) is 11.6 Å². The van der Waals surface area contributed by atoms with Gasteiger partial charge in [-0.25, -0.2) is 4.98 Å². The molecule has 2 aromatic heterocycles. The van der Waals surface area contributed by atoms with Crippen LogP contribution in [0, 0.1) is 0 Å². The fourth-order valence-corrected chi connectivity index (χ4v) is 4.64. The Morgan fingerprint density at radius 3 is 2.59 bits per heavy atom. The minimum Gasteiger partial charge on any atom is -0.457 e. The number of aryl methyl sites for hydroxylation is 2. The predicted octanol–water partition coefficient (Wildman–Crippen LogP) is 5.28. The normalized spacial score (nSPS) is 13.7. The molecule has 2 aromatic carbocycles. The maximum atomic E-state index is 12.6. The summed E-state index contributed by atoms with van der Waals surface area (Å²) in [7, 11) is 1.98. The molecule has 0 radical (unpaired) electrons. The highest BCUT2D eigenvalue weighted by molar-refractivity contribution is 5.92. The third-order valence-corrected chi connectivity index (χ3v) is 6.81. The Labute approximate surface area is 217 Å². The molecule has 4 aromatic rings. The van der Waals surface area contributed by atoms with E-state index in [0.29, 0.717) is 23.7 Å². The average Bonchev–Trinajstić information content (AvgIpc) is 3.55. The fraction of sp³-hybridized carbons (Fsp3) is 0.345. The molecule has 3 heterocycles. The van der Waals surface area contributed by atoms with E-state index in [-0.39, 0.29) is 5.91 Å². The number of nitrogens with one attached hydrogen (secondary N) is 2. The summed E-state index contributed by atoms with van der Waals surface area (Å²) in [5, 5.41) is 6.36. The number of imidazole rings is 1. The van der Waals surface area contributed by atoms with Gasteiger partial charge in [0, 0.05) is 37.6 Å². The van der Waals surface area contributed by atoms with Gasteiger partial charge in [0.1, 0.15) is 17.2 Å². The number of aromatic nitrogens is 3. The molecule has 192 valence electrons. The summed E-state index contributed by atoms with van der Waals surface area (Å²) in [5.41, 5.74) is 4.44. The first-order valence-corrected chi connectivity index (χ1v) is 13.1. The topological polar surface area (TPSA) is 84.3 Å². The third-order valence-electron chi connectivity index (χ3n) is 6.81. The highest BCUT2D eigenvalue weighted by Crippen LogP contribution is 2.28. The van der Waals surface area contributed by atoms with E-state index in [1.54, 1.807) is 18.3 Å². The molecule has 5 rings (SSSR count). The van der Waals surface area contributed by atoms with Crippen molar-refractivity contribution in [2.24, 2.45) is 7.05 Å². The number of hydrogen-bond acceptors (Lipinski definition) is 6. The number of carbonyl (C=O) groups excluding carboxylic acids is 1. The lowest BCUT2D eigenvalue weighted by molar-refractivity contribution is 0.0946. The van der Waals surface area contributed by atoms with Crippen molar-refractivity contribution in [3.63, 3.8) is 0 Å². The fourth-order valence-electron chi connectivity index (χ4n) is 4.64. The van der Waals surface area contributed by atoms with E-state index in [4.69, 9.17) is 9.72 Å². The van der Waals surface area contributed by atoms with Crippen molar-refractivity contribution in [3.05, 3.63) is 72.1 Å². The van der Waals surface area contributed by atoms with Gasteiger partial charge in [-0.15, -0.1) is 0 Å². The second-order valence-corrected chi connectivity index (χ2v) is 9.46. The molecule has 8 nitrogen and oxygen atoms in total. The molecule has 1 fully saturated rings. The number of nitrogens with zero attached hydrogens (tertiary/aromatic N) is 4. The quantitative estimate of drug-likeness (QED) is 0.289. The van der Waals surface area contributed by atoms with Gasteiger partial charge in [0.2, 0.25) is 5.95 Å².